The van der Waals surface area contributed by atoms with E-state index in [2.05, 4.69) is 148 Å². The molecule has 0 atom stereocenters. The first-order valence-corrected chi connectivity index (χ1v) is 47.4. The highest BCUT2D eigenvalue weighted by atomic mass is 16.5. The van der Waals surface area contributed by atoms with Crippen LogP contribution in [0.1, 0.15) is 247 Å². The molecule has 16 aliphatic carbocycles. The number of carboxylic acid groups (broad SMARTS) is 2. The molecule has 16 fully saturated rings. The zero-order valence-electron chi connectivity index (χ0n) is 73.9. The summed E-state index contributed by atoms with van der Waals surface area (Å²) in [6.45, 7) is 11.7. The Morgan fingerprint density at radius 2 is 0.556 bits per heavy atom. The number of hydrogen-bond donors (Lipinski definition) is 6. The van der Waals surface area contributed by atoms with Gasteiger partial charge in [0.1, 0.15) is 17.2 Å². The van der Waals surface area contributed by atoms with Crippen LogP contribution < -0.4 is 5.32 Å². The van der Waals surface area contributed by atoms with Crippen LogP contribution in [0.15, 0.2) is 200 Å². The van der Waals surface area contributed by atoms with Crippen LogP contribution in [-0.2, 0) is 26.4 Å². The van der Waals surface area contributed by atoms with Crippen molar-refractivity contribution in [2.24, 2.45) is 71.0 Å². The lowest BCUT2D eigenvalue weighted by atomic mass is 9.47. The number of aromatic hydroxyl groups is 3. The second-order valence-corrected chi connectivity index (χ2v) is 42.4. The van der Waals surface area contributed by atoms with Crippen molar-refractivity contribution in [3.05, 3.63) is 267 Å². The van der Waals surface area contributed by atoms with Crippen LogP contribution in [0.25, 0.3) is 87.6 Å². The standard InChI is InChI=1S/C30H33NO.C29H30O2.C28H28O4.C28H28O3/c1-3-31-29(32)27-9-8-23-13-24(6-7-25(23)14-27)26-5-4-19(2)28(15-26)30-16-20-10-21(17-30)12-22(11-20)18-30;1-18-3-4-25(14-27(18)29-15-19-9-20(16-29)11-21(10-19)17-29)23-5-6-24-13-26(28(30)31-2)8-7-22(24)12-23;1-15-2-3-19(9-24(15)28-12-16-4-17(13-28)6-18(5-16)14-28)20-7-22-23(25(29)10-20)8-21(27(31)32)11-26(22)30;1-16-2-3-21(11-25(16)28-13-17-6-18(14-28)8-19(7-17)15-28)20-4-5-22-9-23(27(30)31)12-26(29)24(22)10-20/h4-9,13-15,20-22H,3,10-12,16-18H2,1-2H3,(H,31,32);3-8,12-14,19-21H,9-11,15-17H2,1-2H3;2-3,7-11,16-18,29-30H,4-6,12-14H2,1H3,(H,31,32);2-5,9-12,17-19,29H,6-8,13-15H2,1H3,(H,30,31). The van der Waals surface area contributed by atoms with Gasteiger partial charge in [-0.15, -0.1) is 0 Å². The molecule has 0 radical (unpaired) electrons. The van der Waals surface area contributed by atoms with Gasteiger partial charge in [0.15, 0.2) is 0 Å². The van der Waals surface area contributed by atoms with E-state index < -0.39 is 11.9 Å². The van der Waals surface area contributed by atoms with E-state index in [0.29, 0.717) is 44.5 Å². The van der Waals surface area contributed by atoms with E-state index in [1.807, 2.05) is 61.5 Å². The Morgan fingerprint density at radius 3 is 0.913 bits per heavy atom. The number of nitrogens with one attached hydrogen (secondary N) is 1. The van der Waals surface area contributed by atoms with Gasteiger partial charge in [0, 0.05) is 28.3 Å². The molecule has 16 aliphatic rings. The fraction of sp³-hybridized carbons (Fsp3) is 0.409. The minimum absolute atomic E-state index is 0.00257. The number of phenols is 3. The molecule has 12 aromatic carbocycles. The predicted molar refractivity (Wildman–Crippen MR) is 504 cm³/mol. The van der Waals surface area contributed by atoms with Crippen molar-refractivity contribution in [2.75, 3.05) is 13.7 Å². The molecule has 126 heavy (non-hydrogen) atoms. The highest BCUT2D eigenvalue weighted by molar-refractivity contribution is 6.03. The van der Waals surface area contributed by atoms with E-state index >= 15 is 0 Å². The molecular weight excluding hydrogens is 1560 g/mol. The first-order valence-electron chi connectivity index (χ1n) is 47.4. The summed E-state index contributed by atoms with van der Waals surface area (Å²) in [5.41, 5.74) is 24.1. The van der Waals surface area contributed by atoms with Gasteiger partial charge >= 0.3 is 17.9 Å². The minimum atomic E-state index is -1.13. The second-order valence-electron chi connectivity index (χ2n) is 42.4. The maximum absolute atomic E-state index is 12.2. The Balaban J connectivity index is 0.000000103. The number of esters is 1. The molecule has 11 nitrogen and oxygen atoms in total. The highest BCUT2D eigenvalue weighted by Crippen LogP contribution is 2.66. The average molecular weight is 1680 g/mol. The number of aryl methyl sites for hydroxylation is 4. The van der Waals surface area contributed by atoms with Crippen LogP contribution in [0.3, 0.4) is 0 Å². The first-order chi connectivity index (χ1) is 60.8. The van der Waals surface area contributed by atoms with Crippen molar-refractivity contribution >= 4 is 66.9 Å². The maximum atomic E-state index is 12.2. The van der Waals surface area contributed by atoms with Gasteiger partial charge < -0.3 is 35.6 Å². The van der Waals surface area contributed by atoms with Gasteiger partial charge in [-0.05, 0) is 476 Å². The topological polar surface area (TPSA) is 191 Å². The molecular formula is C115H119NO10. The molecule has 16 bridgehead atoms. The van der Waals surface area contributed by atoms with Crippen molar-refractivity contribution in [1.29, 1.82) is 0 Å². The van der Waals surface area contributed by atoms with E-state index in [4.69, 9.17) is 4.74 Å². The third-order valence-corrected chi connectivity index (χ3v) is 33.9. The molecule has 12 aromatic rings. The second kappa shape index (κ2) is 31.8. The summed E-state index contributed by atoms with van der Waals surface area (Å²) in [5, 5.41) is 59.8. The zero-order chi connectivity index (χ0) is 86.6. The van der Waals surface area contributed by atoms with Crippen molar-refractivity contribution in [3.63, 3.8) is 0 Å². The van der Waals surface area contributed by atoms with Gasteiger partial charge in [-0.3, -0.25) is 4.79 Å². The summed E-state index contributed by atoms with van der Waals surface area (Å²) in [5.74, 6) is 8.52. The van der Waals surface area contributed by atoms with E-state index in [0.717, 1.165) is 115 Å². The molecule has 16 saturated carbocycles. The van der Waals surface area contributed by atoms with Gasteiger partial charge in [0.05, 0.1) is 23.8 Å². The lowest BCUT2D eigenvalue weighted by Crippen LogP contribution is -2.48. The Hall–Kier alpha value is -11.0. The monoisotopic (exact) mass is 1670 g/mol. The fourth-order valence-electron chi connectivity index (χ4n) is 30.1. The van der Waals surface area contributed by atoms with Crippen LogP contribution >= 0.6 is 0 Å². The first kappa shape index (κ1) is 82.0. The number of rotatable bonds is 13. The summed E-state index contributed by atoms with van der Waals surface area (Å²) in [6.07, 6.45) is 33.8. The number of fused-ring (bicyclic) bond motifs is 4. The van der Waals surface area contributed by atoms with Crippen LogP contribution in [0.2, 0.25) is 0 Å². The van der Waals surface area contributed by atoms with Crippen LogP contribution in [0.5, 0.6) is 17.2 Å². The number of carboxylic acids is 2. The third-order valence-electron chi connectivity index (χ3n) is 33.9. The van der Waals surface area contributed by atoms with Gasteiger partial charge in [0.2, 0.25) is 0 Å². The Morgan fingerprint density at radius 1 is 0.294 bits per heavy atom. The number of carbonyl (C=O) groups excluding carboxylic acids is 2. The average Bonchev–Trinajstić information content (AvgIpc) is 0.738. The number of aromatic carboxylic acids is 2. The summed E-state index contributed by atoms with van der Waals surface area (Å²) in [4.78, 5) is 46.7. The normalized spacial score (nSPS) is 28.6. The number of amides is 1. The summed E-state index contributed by atoms with van der Waals surface area (Å²) < 4.78 is 4.86. The van der Waals surface area contributed by atoms with E-state index in [9.17, 15) is 44.7 Å². The van der Waals surface area contributed by atoms with E-state index in [1.165, 1.54) is 246 Å². The highest BCUT2D eigenvalue weighted by Gasteiger charge is 2.56. The van der Waals surface area contributed by atoms with Crippen LogP contribution in [0, 0.1) is 98.7 Å². The molecule has 0 spiro atoms. The lowest BCUT2D eigenvalue weighted by Gasteiger charge is -2.57. The molecule has 1 amide bonds. The van der Waals surface area contributed by atoms with Crippen molar-refractivity contribution < 1.29 is 49.4 Å². The minimum Gasteiger partial charge on any atom is -0.507 e. The van der Waals surface area contributed by atoms with Crippen molar-refractivity contribution in [1.82, 2.24) is 5.32 Å². The van der Waals surface area contributed by atoms with Gasteiger partial charge in [0.25, 0.3) is 5.91 Å². The maximum Gasteiger partial charge on any atom is 0.337 e. The lowest BCUT2D eigenvalue weighted by molar-refractivity contribution is -0.00557. The number of carbonyl (C=O) groups is 4. The van der Waals surface area contributed by atoms with Crippen molar-refractivity contribution in [3.8, 4) is 61.8 Å². The van der Waals surface area contributed by atoms with Crippen molar-refractivity contribution in [2.45, 2.75) is 210 Å². The summed E-state index contributed by atoms with van der Waals surface area (Å²) in [6, 6.07) is 67.9. The Bertz CT molecular complexity index is 6290. The molecule has 644 valence electrons. The number of methoxy groups -OCH3 is 1. The van der Waals surface area contributed by atoms with Gasteiger partial charge in [-0.25, -0.2) is 14.4 Å². The number of phenolic OH excluding ortho intramolecular Hbond substituents is 3. The molecule has 0 aliphatic heterocycles. The molecule has 28 rings (SSSR count). The molecule has 0 heterocycles. The van der Waals surface area contributed by atoms with Crippen LogP contribution in [-0.4, -0.2) is 63.0 Å². The van der Waals surface area contributed by atoms with E-state index in [-0.39, 0.29) is 45.7 Å². The summed E-state index contributed by atoms with van der Waals surface area (Å²) >= 11 is 0. The zero-order valence-corrected chi connectivity index (χ0v) is 73.9. The molecule has 11 heteroatoms. The van der Waals surface area contributed by atoms with Crippen LogP contribution in [0.4, 0.5) is 0 Å². The molecule has 0 aromatic heterocycles. The quantitative estimate of drug-likeness (QED) is 0.0606. The SMILES string of the molecule is CCNC(=O)c1ccc2cc(-c3ccc(C)c(C45CC6CC(CC(C6)C4)C5)c3)ccc2c1.COC(=O)c1ccc2cc(-c3ccc(C)c(C45CC6CC(CC(C6)C4)C5)c3)ccc2c1.Cc1ccc(-c2cc(O)c3cc(C(=O)O)cc(O)c3c2)cc1C12CC3CC(CC(C3)C1)C2.Cc1ccc(-c2ccc3cc(C(=O)O)cc(O)c3c2)cc1C12CC3CC(CC(C3)C1)C2. The molecule has 6 N–H and O–H groups in total. The number of hydrogen-bond acceptors (Lipinski definition) is 8. The Labute approximate surface area is 740 Å². The number of benzene rings is 12. The number of ether oxygens (including phenoxy) is 1. The molecule has 0 unspecified atom stereocenters. The van der Waals surface area contributed by atoms with Gasteiger partial charge in [-0.2, -0.15) is 0 Å². The Kier molecular flexibility index (Phi) is 20.7. The molecule has 0 saturated heterocycles. The summed E-state index contributed by atoms with van der Waals surface area (Å²) in [7, 11) is 1.43. The van der Waals surface area contributed by atoms with Gasteiger partial charge in [-0.1, -0.05) is 121 Å². The van der Waals surface area contributed by atoms with E-state index in [1.54, 1.807) is 23.3 Å². The predicted octanol–water partition coefficient (Wildman–Crippen LogP) is 27.2. The third kappa shape index (κ3) is 15.0. The smallest absolute Gasteiger partial charge is 0.337 e. The largest absolute Gasteiger partial charge is 0.507 e. The fourth-order valence-corrected chi connectivity index (χ4v) is 30.1.